The number of nitrogens with one attached hydrogen (secondary N) is 2. The first-order valence-electron chi connectivity index (χ1n) is 7.44. The average molecular weight is 327 g/mol. The predicted octanol–water partition coefficient (Wildman–Crippen LogP) is 3.41. The van der Waals surface area contributed by atoms with Gasteiger partial charge in [0.15, 0.2) is 0 Å². The first kappa shape index (κ1) is 14.2. The van der Waals surface area contributed by atoms with Gasteiger partial charge in [0.05, 0.1) is 17.3 Å². The van der Waals surface area contributed by atoms with Crippen molar-refractivity contribution in [1.29, 1.82) is 0 Å². The number of H-pyrrole nitrogens is 1. The Labute approximate surface area is 137 Å². The zero-order chi connectivity index (χ0) is 16.0. The lowest BCUT2D eigenvalue weighted by Crippen LogP contribution is -2.13. The topological polar surface area (TPSA) is 83.8 Å². The van der Waals surface area contributed by atoms with Crippen molar-refractivity contribution in [3.05, 3.63) is 58.2 Å². The number of aromatic amines is 1. The second-order valence-electron chi connectivity index (χ2n) is 5.80. The highest BCUT2D eigenvalue weighted by molar-refractivity contribution is 6.32. The maximum Gasteiger partial charge on any atom is 0.256 e. The largest absolute Gasteiger partial charge is 0.324 e. The third-order valence-electron chi connectivity index (χ3n) is 4.30. The Bertz CT molecular complexity index is 918. The standard InChI is InChI=1S/C17H15ClN4O/c18-10-5-13(14-8-20-22-16(14)6-10)17(23)21-11-3-1-9-2-4-15(19)12(9)7-11/h1,3,5-8,15H,2,4,19H2,(H,20,22)(H,21,23)/t15-/m0/s1. The number of amides is 1. The van der Waals surface area contributed by atoms with Crippen molar-refractivity contribution >= 4 is 34.1 Å². The first-order valence-corrected chi connectivity index (χ1v) is 7.82. The maximum absolute atomic E-state index is 12.6. The number of anilines is 1. The molecule has 1 amide bonds. The third kappa shape index (κ3) is 2.48. The molecule has 0 unspecified atom stereocenters. The Kier molecular flexibility index (Phi) is 3.32. The van der Waals surface area contributed by atoms with Gasteiger partial charge in [-0.25, -0.2) is 0 Å². The molecular weight excluding hydrogens is 312 g/mol. The Balaban J connectivity index is 1.67. The van der Waals surface area contributed by atoms with Gasteiger partial charge in [0, 0.05) is 22.1 Å². The second kappa shape index (κ2) is 5.37. The van der Waals surface area contributed by atoms with Crippen LogP contribution in [0.4, 0.5) is 5.69 Å². The van der Waals surface area contributed by atoms with Crippen LogP contribution in [-0.2, 0) is 6.42 Å². The van der Waals surface area contributed by atoms with Crippen LogP contribution in [0.2, 0.25) is 5.02 Å². The lowest BCUT2D eigenvalue weighted by Gasteiger charge is -2.10. The van der Waals surface area contributed by atoms with Gasteiger partial charge in [-0.3, -0.25) is 9.89 Å². The van der Waals surface area contributed by atoms with Crippen molar-refractivity contribution in [2.75, 3.05) is 5.32 Å². The zero-order valence-electron chi connectivity index (χ0n) is 12.3. The summed E-state index contributed by atoms with van der Waals surface area (Å²) in [5, 5.41) is 10.9. The molecule has 0 saturated carbocycles. The molecule has 5 nitrogen and oxygen atoms in total. The van der Waals surface area contributed by atoms with Gasteiger partial charge in [-0.05, 0) is 48.2 Å². The van der Waals surface area contributed by atoms with Crippen LogP contribution in [0.25, 0.3) is 10.9 Å². The molecule has 0 spiro atoms. The van der Waals surface area contributed by atoms with Gasteiger partial charge in [-0.15, -0.1) is 0 Å². The van der Waals surface area contributed by atoms with Crippen molar-refractivity contribution in [1.82, 2.24) is 10.2 Å². The van der Waals surface area contributed by atoms with Crippen LogP contribution in [0.5, 0.6) is 0 Å². The van der Waals surface area contributed by atoms with E-state index in [0.717, 1.165) is 35.0 Å². The summed E-state index contributed by atoms with van der Waals surface area (Å²) in [6, 6.07) is 9.34. The highest BCUT2D eigenvalue weighted by Gasteiger charge is 2.20. The molecule has 1 aliphatic carbocycles. The molecule has 1 heterocycles. The minimum absolute atomic E-state index is 0.0496. The number of nitrogens with two attached hydrogens (primary N) is 1. The number of hydrogen-bond acceptors (Lipinski definition) is 3. The van der Waals surface area contributed by atoms with E-state index >= 15 is 0 Å². The average Bonchev–Trinajstić information content (AvgIpc) is 3.13. The minimum atomic E-state index is -0.217. The maximum atomic E-state index is 12.6. The normalized spacial score (nSPS) is 16.5. The molecule has 3 aromatic rings. The number of rotatable bonds is 2. The van der Waals surface area contributed by atoms with E-state index in [0.29, 0.717) is 10.6 Å². The van der Waals surface area contributed by atoms with Crippen LogP contribution in [0.3, 0.4) is 0 Å². The minimum Gasteiger partial charge on any atom is -0.324 e. The summed E-state index contributed by atoms with van der Waals surface area (Å²) in [6.45, 7) is 0. The van der Waals surface area contributed by atoms with Crippen molar-refractivity contribution in [2.24, 2.45) is 5.73 Å². The molecule has 0 aliphatic heterocycles. The fourth-order valence-electron chi connectivity index (χ4n) is 3.11. The lowest BCUT2D eigenvalue weighted by atomic mass is 10.1. The molecule has 0 bridgehead atoms. The summed E-state index contributed by atoms with van der Waals surface area (Å²) in [4.78, 5) is 12.6. The molecule has 6 heteroatoms. The monoisotopic (exact) mass is 326 g/mol. The van der Waals surface area contributed by atoms with E-state index in [1.165, 1.54) is 5.56 Å². The summed E-state index contributed by atoms with van der Waals surface area (Å²) in [7, 11) is 0. The van der Waals surface area contributed by atoms with Gasteiger partial charge >= 0.3 is 0 Å². The number of carbonyl (C=O) groups excluding carboxylic acids is 1. The number of nitrogens with zero attached hydrogens (tertiary/aromatic N) is 1. The number of aromatic nitrogens is 2. The van der Waals surface area contributed by atoms with Gasteiger partial charge in [0.2, 0.25) is 0 Å². The number of carbonyl (C=O) groups is 1. The summed E-state index contributed by atoms with van der Waals surface area (Å²) in [5.41, 5.74) is 10.4. The number of hydrogen-bond donors (Lipinski definition) is 3. The molecule has 4 rings (SSSR count). The predicted molar refractivity (Wildman–Crippen MR) is 90.7 cm³/mol. The molecular formula is C17H15ClN4O. The number of aryl methyl sites for hydroxylation is 1. The van der Waals surface area contributed by atoms with Crippen molar-refractivity contribution < 1.29 is 4.79 Å². The Hall–Kier alpha value is -2.37. The summed E-state index contributed by atoms with van der Waals surface area (Å²) in [6.07, 6.45) is 3.57. The molecule has 0 saturated heterocycles. The van der Waals surface area contributed by atoms with E-state index in [9.17, 15) is 4.79 Å². The van der Waals surface area contributed by atoms with Crippen LogP contribution >= 0.6 is 11.6 Å². The van der Waals surface area contributed by atoms with E-state index < -0.39 is 0 Å². The van der Waals surface area contributed by atoms with Crippen LogP contribution in [-0.4, -0.2) is 16.1 Å². The highest BCUT2D eigenvalue weighted by atomic mass is 35.5. The Morgan fingerprint density at radius 1 is 1.35 bits per heavy atom. The van der Waals surface area contributed by atoms with E-state index in [2.05, 4.69) is 15.5 Å². The van der Waals surface area contributed by atoms with Gasteiger partial charge in [0.25, 0.3) is 5.91 Å². The molecule has 1 aliphatic rings. The molecule has 23 heavy (non-hydrogen) atoms. The van der Waals surface area contributed by atoms with Crippen LogP contribution < -0.4 is 11.1 Å². The van der Waals surface area contributed by atoms with Crippen molar-refractivity contribution in [3.8, 4) is 0 Å². The SMILES string of the molecule is N[C@H]1CCc2ccc(NC(=O)c3cc(Cl)cc4[nH]ncc34)cc21. The molecule has 4 N–H and O–H groups in total. The second-order valence-corrected chi connectivity index (χ2v) is 6.23. The number of fused-ring (bicyclic) bond motifs is 2. The Morgan fingerprint density at radius 2 is 2.22 bits per heavy atom. The van der Waals surface area contributed by atoms with Crippen LogP contribution in [0, 0.1) is 0 Å². The molecule has 1 aromatic heterocycles. The third-order valence-corrected chi connectivity index (χ3v) is 4.51. The van der Waals surface area contributed by atoms with Gasteiger partial charge in [0.1, 0.15) is 0 Å². The first-order chi connectivity index (χ1) is 11.1. The summed E-state index contributed by atoms with van der Waals surface area (Å²) in [5.74, 6) is -0.217. The molecule has 1 atom stereocenters. The van der Waals surface area contributed by atoms with Gasteiger partial charge < -0.3 is 11.1 Å². The number of benzene rings is 2. The summed E-state index contributed by atoms with van der Waals surface area (Å²) < 4.78 is 0. The number of halogens is 1. The quantitative estimate of drug-likeness (QED) is 0.674. The van der Waals surface area contributed by atoms with Crippen molar-refractivity contribution in [3.63, 3.8) is 0 Å². The highest BCUT2D eigenvalue weighted by Crippen LogP contribution is 2.31. The summed E-state index contributed by atoms with van der Waals surface area (Å²) >= 11 is 6.08. The van der Waals surface area contributed by atoms with Gasteiger partial charge in [-0.2, -0.15) is 5.10 Å². The fraction of sp³-hybridized carbons (Fsp3) is 0.176. The zero-order valence-corrected chi connectivity index (χ0v) is 13.0. The smallest absolute Gasteiger partial charge is 0.256 e. The van der Waals surface area contributed by atoms with E-state index in [1.54, 1.807) is 18.3 Å². The molecule has 116 valence electrons. The van der Waals surface area contributed by atoms with E-state index in [-0.39, 0.29) is 11.9 Å². The van der Waals surface area contributed by atoms with Crippen LogP contribution in [0.15, 0.2) is 36.5 Å². The van der Waals surface area contributed by atoms with Gasteiger partial charge in [-0.1, -0.05) is 17.7 Å². The van der Waals surface area contributed by atoms with Crippen LogP contribution in [0.1, 0.15) is 33.9 Å². The Morgan fingerprint density at radius 3 is 3.09 bits per heavy atom. The van der Waals surface area contributed by atoms with E-state index in [1.807, 2.05) is 18.2 Å². The van der Waals surface area contributed by atoms with Crippen molar-refractivity contribution in [2.45, 2.75) is 18.9 Å². The fourth-order valence-corrected chi connectivity index (χ4v) is 3.33. The molecule has 2 aromatic carbocycles. The molecule has 0 fully saturated rings. The molecule has 0 radical (unpaired) electrons. The van der Waals surface area contributed by atoms with E-state index in [4.69, 9.17) is 17.3 Å². The lowest BCUT2D eigenvalue weighted by molar-refractivity contribution is 0.102.